The normalized spacial score (nSPS) is 38.8. The molecule has 2 fully saturated rings. The molecule has 1 nitrogen and oxygen atoms in total. The van der Waals surface area contributed by atoms with E-state index in [1.165, 1.54) is 18.4 Å². The van der Waals surface area contributed by atoms with Crippen LogP contribution in [0.25, 0.3) is 0 Å². The summed E-state index contributed by atoms with van der Waals surface area (Å²) >= 11 is 0. The third-order valence-electron chi connectivity index (χ3n) is 4.16. The van der Waals surface area contributed by atoms with E-state index < -0.39 is 0 Å². The van der Waals surface area contributed by atoms with Gasteiger partial charge in [-0.05, 0) is 18.4 Å². The molecule has 0 radical (unpaired) electrons. The summed E-state index contributed by atoms with van der Waals surface area (Å²) < 4.78 is 6.06. The molecule has 2 aliphatic carbocycles. The number of rotatable bonds is 1. The number of fused-ring (bicyclic) bond motifs is 2. The van der Waals surface area contributed by atoms with E-state index in [0.29, 0.717) is 23.5 Å². The van der Waals surface area contributed by atoms with Crippen LogP contribution < -0.4 is 0 Å². The van der Waals surface area contributed by atoms with Crippen molar-refractivity contribution in [1.29, 1.82) is 0 Å². The minimum Gasteiger partial charge on any atom is -0.368 e. The van der Waals surface area contributed by atoms with Gasteiger partial charge in [0.15, 0.2) is 0 Å². The van der Waals surface area contributed by atoms with Crippen LogP contribution in [0.5, 0.6) is 0 Å². The summed E-state index contributed by atoms with van der Waals surface area (Å²) in [4.78, 5) is 0. The van der Waals surface area contributed by atoms with Gasteiger partial charge in [0, 0.05) is 11.3 Å². The number of hydrogen-bond acceptors (Lipinski definition) is 1. The summed E-state index contributed by atoms with van der Waals surface area (Å²) in [5.41, 5.74) is 1.80. The van der Waals surface area contributed by atoms with Gasteiger partial charge in [-0.2, -0.15) is 0 Å². The van der Waals surface area contributed by atoms with Gasteiger partial charge >= 0.3 is 0 Å². The van der Waals surface area contributed by atoms with Crippen molar-refractivity contribution in [2.45, 2.75) is 25.0 Å². The fraction of sp³-hybridized carbons (Fsp3) is 0.429. The zero-order chi connectivity index (χ0) is 9.88. The van der Waals surface area contributed by atoms with Crippen molar-refractivity contribution in [3.63, 3.8) is 0 Å². The van der Waals surface area contributed by atoms with Crippen molar-refractivity contribution >= 4 is 0 Å². The maximum Gasteiger partial charge on any atom is 0.0917 e. The molecule has 1 spiro atoms. The molecule has 15 heavy (non-hydrogen) atoms. The lowest BCUT2D eigenvalue weighted by atomic mass is 9.83. The first-order chi connectivity index (χ1) is 7.39. The van der Waals surface area contributed by atoms with Gasteiger partial charge in [0.2, 0.25) is 0 Å². The topological polar surface area (TPSA) is 9.23 Å². The molecule has 1 heterocycles. The highest BCUT2D eigenvalue weighted by Gasteiger charge is 2.61. The van der Waals surface area contributed by atoms with Crippen LogP contribution in [0, 0.1) is 11.3 Å². The predicted molar refractivity (Wildman–Crippen MR) is 58.4 cm³/mol. The Morgan fingerprint density at radius 2 is 1.93 bits per heavy atom. The average Bonchev–Trinajstić information content (AvgIpc) is 2.93. The number of ether oxygens (including phenoxy) is 1. The maximum atomic E-state index is 6.06. The molecule has 3 atom stereocenters. The van der Waals surface area contributed by atoms with Crippen LogP contribution in [-0.2, 0) is 4.74 Å². The molecule has 1 aromatic carbocycles. The van der Waals surface area contributed by atoms with Crippen LogP contribution in [0.3, 0.4) is 0 Å². The summed E-state index contributed by atoms with van der Waals surface area (Å²) in [5.74, 6) is 0.648. The van der Waals surface area contributed by atoms with Crippen LogP contribution in [0.1, 0.15) is 24.5 Å². The van der Waals surface area contributed by atoms with Gasteiger partial charge in [-0.15, -0.1) is 0 Å². The molecular weight excluding hydrogens is 184 g/mol. The minimum atomic E-state index is 0.326. The predicted octanol–water partition coefficient (Wildman–Crippen LogP) is 3.09. The third kappa shape index (κ3) is 0.967. The second-order valence-electron chi connectivity index (χ2n) is 5.06. The standard InChI is InChI=1S/C14H14O/c1-2-4-10(5-3-1)12-11-6-7-14(8-9-14)13(11)15-12/h1-7,11-13H,8-9H2/t11-,12+,13+/m0/s1. The Morgan fingerprint density at radius 3 is 2.67 bits per heavy atom. The molecule has 0 amide bonds. The highest BCUT2D eigenvalue weighted by atomic mass is 16.5. The van der Waals surface area contributed by atoms with Gasteiger partial charge in [-0.3, -0.25) is 0 Å². The van der Waals surface area contributed by atoms with E-state index in [0.717, 1.165) is 0 Å². The smallest absolute Gasteiger partial charge is 0.0917 e. The second kappa shape index (κ2) is 2.53. The zero-order valence-electron chi connectivity index (χ0n) is 8.60. The highest BCUT2D eigenvalue weighted by Crippen LogP contribution is 2.64. The Bertz CT molecular complexity index is 416. The van der Waals surface area contributed by atoms with Crippen LogP contribution in [0.4, 0.5) is 0 Å². The molecular formula is C14H14O. The number of benzene rings is 1. The lowest BCUT2D eigenvalue weighted by molar-refractivity contribution is -0.182. The first kappa shape index (κ1) is 8.12. The first-order valence-electron chi connectivity index (χ1n) is 5.79. The summed E-state index contributed by atoms with van der Waals surface area (Å²) in [6.07, 6.45) is 8.30. The van der Waals surface area contributed by atoms with E-state index in [4.69, 9.17) is 4.74 Å². The lowest BCUT2D eigenvalue weighted by Crippen LogP contribution is -2.43. The van der Waals surface area contributed by atoms with E-state index in [-0.39, 0.29) is 0 Å². The summed E-state index contributed by atoms with van der Waals surface area (Å²) in [7, 11) is 0. The van der Waals surface area contributed by atoms with Crippen molar-refractivity contribution in [1.82, 2.24) is 0 Å². The second-order valence-corrected chi connectivity index (χ2v) is 5.06. The van der Waals surface area contributed by atoms with E-state index in [9.17, 15) is 0 Å². The fourth-order valence-corrected chi connectivity index (χ4v) is 3.07. The van der Waals surface area contributed by atoms with Crippen LogP contribution in [0.15, 0.2) is 42.5 Å². The van der Waals surface area contributed by atoms with Crippen LogP contribution in [0.2, 0.25) is 0 Å². The molecule has 1 heteroatoms. The molecule has 1 saturated carbocycles. The van der Waals surface area contributed by atoms with Gasteiger partial charge in [0.05, 0.1) is 12.2 Å². The van der Waals surface area contributed by atoms with E-state index in [2.05, 4.69) is 42.5 Å². The molecule has 0 aromatic heterocycles. The Labute approximate surface area is 89.8 Å². The van der Waals surface area contributed by atoms with Gasteiger partial charge < -0.3 is 4.74 Å². The lowest BCUT2D eigenvalue weighted by Gasteiger charge is -2.43. The molecule has 3 aliphatic rings. The molecule has 0 unspecified atom stereocenters. The first-order valence-corrected chi connectivity index (χ1v) is 5.79. The largest absolute Gasteiger partial charge is 0.368 e. The van der Waals surface area contributed by atoms with Crippen molar-refractivity contribution < 1.29 is 4.74 Å². The molecule has 0 bridgehead atoms. The Balaban J connectivity index is 1.62. The van der Waals surface area contributed by atoms with Crippen molar-refractivity contribution in [2.24, 2.45) is 11.3 Å². The van der Waals surface area contributed by atoms with E-state index >= 15 is 0 Å². The van der Waals surface area contributed by atoms with Gasteiger partial charge in [-0.1, -0.05) is 42.5 Å². The SMILES string of the molecule is C1=CC2(CC2)[C@@H]2O[C@H](c3ccccc3)[C@H]12. The van der Waals surface area contributed by atoms with E-state index in [1.54, 1.807) is 0 Å². The number of hydrogen-bond donors (Lipinski definition) is 0. The molecule has 4 rings (SSSR count). The van der Waals surface area contributed by atoms with Gasteiger partial charge in [-0.25, -0.2) is 0 Å². The van der Waals surface area contributed by atoms with Gasteiger partial charge in [0.25, 0.3) is 0 Å². The quantitative estimate of drug-likeness (QED) is 0.630. The fourth-order valence-electron chi connectivity index (χ4n) is 3.07. The molecule has 0 N–H and O–H groups in total. The van der Waals surface area contributed by atoms with Gasteiger partial charge in [0.1, 0.15) is 0 Å². The van der Waals surface area contributed by atoms with Crippen molar-refractivity contribution in [3.05, 3.63) is 48.0 Å². The van der Waals surface area contributed by atoms with Crippen molar-refractivity contribution in [2.75, 3.05) is 0 Å². The Morgan fingerprint density at radius 1 is 1.13 bits per heavy atom. The monoisotopic (exact) mass is 198 g/mol. The minimum absolute atomic E-state index is 0.326. The molecule has 1 saturated heterocycles. The summed E-state index contributed by atoms with van der Waals surface area (Å²) in [6.45, 7) is 0. The van der Waals surface area contributed by atoms with E-state index in [1.807, 2.05) is 0 Å². The zero-order valence-corrected chi connectivity index (χ0v) is 8.60. The summed E-state index contributed by atoms with van der Waals surface area (Å²) in [6, 6.07) is 10.6. The third-order valence-corrected chi connectivity index (χ3v) is 4.16. The van der Waals surface area contributed by atoms with Crippen molar-refractivity contribution in [3.8, 4) is 0 Å². The molecule has 1 aromatic rings. The Kier molecular flexibility index (Phi) is 1.37. The maximum absolute atomic E-state index is 6.06. The average molecular weight is 198 g/mol. The molecule has 1 aliphatic heterocycles. The summed E-state index contributed by atoms with van der Waals surface area (Å²) in [5, 5.41) is 0. The molecule has 76 valence electrons. The van der Waals surface area contributed by atoms with Crippen LogP contribution in [-0.4, -0.2) is 6.10 Å². The van der Waals surface area contributed by atoms with Crippen LogP contribution >= 0.6 is 0 Å². The Hall–Kier alpha value is -1.08. The highest BCUT2D eigenvalue weighted by molar-refractivity contribution is 5.32.